The summed E-state index contributed by atoms with van der Waals surface area (Å²) in [5, 5.41) is 4.76. The zero-order chi connectivity index (χ0) is 20.1. The van der Waals surface area contributed by atoms with Crippen LogP contribution in [0.15, 0.2) is 36.4 Å². The highest BCUT2D eigenvalue weighted by Crippen LogP contribution is 2.31. The molecule has 5 nitrogen and oxygen atoms in total. The fraction of sp³-hybridized carbons (Fsp3) is 0.381. The lowest BCUT2D eigenvalue weighted by molar-refractivity contribution is 0.176. The van der Waals surface area contributed by atoms with Crippen molar-refractivity contribution in [3.63, 3.8) is 0 Å². The monoisotopic (exact) mass is 419 g/mol. The van der Waals surface area contributed by atoms with Crippen molar-refractivity contribution in [2.45, 2.75) is 13.5 Å². The zero-order valence-corrected chi connectivity index (χ0v) is 18.1. The Morgan fingerprint density at radius 3 is 2.25 bits per heavy atom. The SMILES string of the molecule is COc1cc(C)c(CN2CCN(C(=S)Nc3ccc(Cl)cc3)CC2)cc1OC. The number of hydrogen-bond acceptors (Lipinski definition) is 4. The van der Waals surface area contributed by atoms with Gasteiger partial charge in [-0.15, -0.1) is 0 Å². The van der Waals surface area contributed by atoms with Gasteiger partial charge in [-0.3, -0.25) is 4.90 Å². The van der Waals surface area contributed by atoms with Gasteiger partial charge in [0.15, 0.2) is 16.6 Å². The normalized spacial score (nSPS) is 14.6. The molecule has 7 heteroatoms. The highest BCUT2D eigenvalue weighted by atomic mass is 35.5. The number of hydrogen-bond donors (Lipinski definition) is 1. The predicted octanol–water partition coefficient (Wildman–Crippen LogP) is 4.18. The summed E-state index contributed by atoms with van der Waals surface area (Å²) < 4.78 is 10.8. The molecule has 1 aliphatic heterocycles. The van der Waals surface area contributed by atoms with Crippen molar-refractivity contribution in [3.05, 3.63) is 52.5 Å². The van der Waals surface area contributed by atoms with Crippen LogP contribution in [0.4, 0.5) is 5.69 Å². The van der Waals surface area contributed by atoms with Gasteiger partial charge in [0.05, 0.1) is 14.2 Å². The minimum absolute atomic E-state index is 0.718. The van der Waals surface area contributed by atoms with Gasteiger partial charge >= 0.3 is 0 Å². The lowest BCUT2D eigenvalue weighted by Crippen LogP contribution is -2.49. The summed E-state index contributed by atoms with van der Waals surface area (Å²) in [6.45, 7) is 6.69. The van der Waals surface area contributed by atoms with Gasteiger partial charge in [0.2, 0.25) is 0 Å². The largest absolute Gasteiger partial charge is 0.493 e. The van der Waals surface area contributed by atoms with Gasteiger partial charge in [-0.1, -0.05) is 11.6 Å². The molecule has 1 N–H and O–H groups in total. The maximum absolute atomic E-state index is 5.94. The molecule has 0 amide bonds. The van der Waals surface area contributed by atoms with Gasteiger partial charge in [-0.25, -0.2) is 0 Å². The molecule has 0 aliphatic carbocycles. The number of ether oxygens (including phenoxy) is 2. The Bertz CT molecular complexity index is 821. The second-order valence-corrected chi connectivity index (χ2v) is 7.66. The molecule has 2 aromatic carbocycles. The second-order valence-electron chi connectivity index (χ2n) is 6.83. The second kappa shape index (κ2) is 9.45. The number of anilines is 1. The van der Waals surface area contributed by atoms with E-state index in [0.29, 0.717) is 0 Å². The van der Waals surface area contributed by atoms with Gasteiger partial charge in [-0.2, -0.15) is 0 Å². The maximum Gasteiger partial charge on any atom is 0.173 e. The molecule has 1 saturated heterocycles. The first-order valence-corrected chi connectivity index (χ1v) is 10.0. The first-order valence-electron chi connectivity index (χ1n) is 9.25. The molecule has 0 atom stereocenters. The van der Waals surface area contributed by atoms with Gasteiger partial charge in [-0.05, 0) is 66.7 Å². The Labute approximate surface area is 177 Å². The molecule has 1 fully saturated rings. The molecule has 0 aromatic heterocycles. The molecular weight excluding hydrogens is 394 g/mol. The number of thiocarbonyl (C=S) groups is 1. The number of aryl methyl sites for hydroxylation is 1. The first-order chi connectivity index (χ1) is 13.5. The third-order valence-corrected chi connectivity index (χ3v) is 5.60. The summed E-state index contributed by atoms with van der Waals surface area (Å²) in [5.41, 5.74) is 3.42. The summed E-state index contributed by atoms with van der Waals surface area (Å²) in [5.74, 6) is 1.54. The summed E-state index contributed by atoms with van der Waals surface area (Å²) in [7, 11) is 3.33. The lowest BCUT2D eigenvalue weighted by Gasteiger charge is -2.36. The number of nitrogens with zero attached hydrogens (tertiary/aromatic N) is 2. The van der Waals surface area contributed by atoms with Crippen LogP contribution in [-0.4, -0.2) is 55.3 Å². The molecule has 28 heavy (non-hydrogen) atoms. The van der Waals surface area contributed by atoms with Crippen molar-refractivity contribution in [2.24, 2.45) is 0 Å². The van der Waals surface area contributed by atoms with Gasteiger partial charge < -0.3 is 19.7 Å². The van der Waals surface area contributed by atoms with E-state index in [1.807, 2.05) is 30.3 Å². The minimum atomic E-state index is 0.718. The van der Waals surface area contributed by atoms with Crippen molar-refractivity contribution in [1.29, 1.82) is 0 Å². The van der Waals surface area contributed by atoms with Crippen LogP contribution in [0.5, 0.6) is 11.5 Å². The predicted molar refractivity (Wildman–Crippen MR) is 119 cm³/mol. The number of methoxy groups -OCH3 is 2. The molecule has 3 rings (SSSR count). The van der Waals surface area contributed by atoms with Crippen LogP contribution in [0.2, 0.25) is 5.02 Å². The standard InChI is InChI=1S/C21H26ClN3O2S/c1-15-12-19(26-2)20(27-3)13-16(15)14-24-8-10-25(11-9-24)21(28)23-18-6-4-17(22)5-7-18/h4-7,12-13H,8-11,14H2,1-3H3,(H,23,28). The molecule has 2 aromatic rings. The third-order valence-electron chi connectivity index (χ3n) is 4.99. The summed E-state index contributed by atoms with van der Waals surface area (Å²) >= 11 is 11.5. The van der Waals surface area contributed by atoms with Crippen LogP contribution in [0.3, 0.4) is 0 Å². The number of rotatable bonds is 5. The Kier molecular flexibility index (Phi) is 6.99. The van der Waals surface area contributed by atoms with E-state index < -0.39 is 0 Å². The number of halogens is 1. The van der Waals surface area contributed by atoms with E-state index in [0.717, 1.165) is 60.0 Å². The minimum Gasteiger partial charge on any atom is -0.493 e. The molecular formula is C21H26ClN3O2S. The van der Waals surface area contributed by atoms with Gasteiger partial charge in [0.25, 0.3) is 0 Å². The van der Waals surface area contributed by atoms with Crippen LogP contribution in [-0.2, 0) is 6.54 Å². The van der Waals surface area contributed by atoms with Gasteiger partial charge in [0.1, 0.15) is 0 Å². The van der Waals surface area contributed by atoms with Crippen LogP contribution < -0.4 is 14.8 Å². The molecule has 0 unspecified atom stereocenters. The summed E-state index contributed by atoms with van der Waals surface area (Å²) in [6, 6.07) is 11.7. The molecule has 0 bridgehead atoms. The van der Waals surface area contributed by atoms with Crippen molar-refractivity contribution >= 4 is 34.6 Å². The molecule has 0 radical (unpaired) electrons. The van der Waals surface area contributed by atoms with Crippen molar-refractivity contribution < 1.29 is 9.47 Å². The van der Waals surface area contributed by atoms with E-state index in [-0.39, 0.29) is 0 Å². The number of nitrogens with one attached hydrogen (secondary N) is 1. The highest BCUT2D eigenvalue weighted by molar-refractivity contribution is 7.80. The molecule has 150 valence electrons. The van der Waals surface area contributed by atoms with Crippen LogP contribution in [0, 0.1) is 6.92 Å². The van der Waals surface area contributed by atoms with E-state index in [1.54, 1.807) is 14.2 Å². The topological polar surface area (TPSA) is 37.0 Å². The van der Waals surface area contributed by atoms with Crippen LogP contribution in [0.25, 0.3) is 0 Å². The van der Waals surface area contributed by atoms with Crippen molar-refractivity contribution in [3.8, 4) is 11.5 Å². The van der Waals surface area contributed by atoms with E-state index >= 15 is 0 Å². The first kappa shape index (κ1) is 20.7. The average molecular weight is 420 g/mol. The Hall–Kier alpha value is -2.02. The fourth-order valence-electron chi connectivity index (χ4n) is 3.28. The highest BCUT2D eigenvalue weighted by Gasteiger charge is 2.20. The van der Waals surface area contributed by atoms with Crippen molar-refractivity contribution in [1.82, 2.24) is 9.80 Å². The number of benzene rings is 2. The molecule has 1 aliphatic rings. The Morgan fingerprint density at radius 1 is 1.04 bits per heavy atom. The van der Waals surface area contributed by atoms with E-state index in [2.05, 4.69) is 28.1 Å². The molecule has 1 heterocycles. The fourth-order valence-corrected chi connectivity index (χ4v) is 3.71. The quantitative estimate of drug-likeness (QED) is 0.733. The molecule has 0 spiro atoms. The molecule has 0 saturated carbocycles. The van der Waals surface area contributed by atoms with E-state index in [1.165, 1.54) is 11.1 Å². The van der Waals surface area contributed by atoms with E-state index in [9.17, 15) is 0 Å². The summed E-state index contributed by atoms with van der Waals surface area (Å²) in [6.07, 6.45) is 0. The van der Waals surface area contributed by atoms with Gasteiger partial charge in [0, 0.05) is 43.4 Å². The third kappa shape index (κ3) is 5.07. The van der Waals surface area contributed by atoms with E-state index in [4.69, 9.17) is 33.3 Å². The maximum atomic E-state index is 5.94. The summed E-state index contributed by atoms with van der Waals surface area (Å²) in [4.78, 5) is 4.65. The Morgan fingerprint density at radius 2 is 1.64 bits per heavy atom. The smallest absolute Gasteiger partial charge is 0.173 e. The van der Waals surface area contributed by atoms with Crippen LogP contribution >= 0.6 is 23.8 Å². The Balaban J connectivity index is 1.55. The average Bonchev–Trinajstić information content (AvgIpc) is 2.71. The lowest BCUT2D eigenvalue weighted by atomic mass is 10.1. The van der Waals surface area contributed by atoms with Crippen molar-refractivity contribution in [2.75, 3.05) is 45.7 Å². The van der Waals surface area contributed by atoms with Crippen LogP contribution in [0.1, 0.15) is 11.1 Å². The number of piperazine rings is 1. The zero-order valence-electron chi connectivity index (χ0n) is 16.5.